The molecule has 0 saturated heterocycles. The van der Waals surface area contributed by atoms with E-state index < -0.39 is 0 Å². The summed E-state index contributed by atoms with van der Waals surface area (Å²) in [4.78, 5) is 4.11. The van der Waals surface area contributed by atoms with E-state index in [1.165, 1.54) is 0 Å². The van der Waals surface area contributed by atoms with Crippen LogP contribution in [0, 0.1) is 0 Å². The fraction of sp³-hybridized carbons (Fsp3) is 0.214. The largest absolute Gasteiger partial charge is 0.493 e. The molecular weight excluding hydrogens is 230 g/mol. The van der Waals surface area contributed by atoms with E-state index in [9.17, 15) is 0 Å². The molecular formula is C14H15NO3. The van der Waals surface area contributed by atoms with Gasteiger partial charge in [0, 0.05) is 23.5 Å². The lowest BCUT2D eigenvalue weighted by Crippen LogP contribution is -1.96. The first-order valence-corrected chi connectivity index (χ1v) is 5.51. The van der Waals surface area contributed by atoms with Crippen LogP contribution in [0.1, 0.15) is 0 Å². The summed E-state index contributed by atoms with van der Waals surface area (Å²) in [6.45, 7) is 0. The molecule has 1 aromatic heterocycles. The predicted octanol–water partition coefficient (Wildman–Crippen LogP) is 2.77. The predicted molar refractivity (Wildman–Crippen MR) is 69.3 cm³/mol. The lowest BCUT2D eigenvalue weighted by molar-refractivity contribution is 0.325. The minimum atomic E-state index is 0.585. The van der Waals surface area contributed by atoms with Gasteiger partial charge in [-0.25, -0.2) is 0 Å². The summed E-state index contributed by atoms with van der Waals surface area (Å²) in [6.07, 6.45) is 3.51. The molecule has 4 nitrogen and oxygen atoms in total. The van der Waals surface area contributed by atoms with Gasteiger partial charge in [-0.2, -0.15) is 0 Å². The van der Waals surface area contributed by atoms with Crippen molar-refractivity contribution < 1.29 is 14.2 Å². The lowest BCUT2D eigenvalue weighted by atomic mass is 10.1. The standard InChI is InChI=1S/C14H15NO3/c1-16-12-7-6-11(10-5-4-8-15-9-10)13(17-2)14(12)18-3/h4-9H,1-3H3. The number of hydrogen-bond donors (Lipinski definition) is 0. The molecule has 0 N–H and O–H groups in total. The van der Waals surface area contributed by atoms with Crippen molar-refractivity contribution in [2.75, 3.05) is 21.3 Å². The first-order chi connectivity index (χ1) is 8.81. The third-order valence-corrected chi connectivity index (χ3v) is 2.68. The van der Waals surface area contributed by atoms with Crippen molar-refractivity contribution in [2.45, 2.75) is 0 Å². The maximum atomic E-state index is 5.43. The normalized spacial score (nSPS) is 9.94. The Balaban J connectivity index is 2.62. The van der Waals surface area contributed by atoms with Gasteiger partial charge in [0.25, 0.3) is 0 Å². The zero-order valence-corrected chi connectivity index (χ0v) is 10.6. The number of aromatic nitrogens is 1. The minimum Gasteiger partial charge on any atom is -0.493 e. The Bertz CT molecular complexity index is 526. The maximum absolute atomic E-state index is 5.43. The highest BCUT2D eigenvalue weighted by atomic mass is 16.5. The second kappa shape index (κ2) is 5.40. The average Bonchev–Trinajstić information content (AvgIpc) is 2.46. The summed E-state index contributed by atoms with van der Waals surface area (Å²) in [5.41, 5.74) is 1.89. The van der Waals surface area contributed by atoms with Crippen molar-refractivity contribution >= 4 is 0 Å². The number of benzene rings is 1. The first-order valence-electron chi connectivity index (χ1n) is 5.51. The van der Waals surface area contributed by atoms with E-state index in [4.69, 9.17) is 14.2 Å². The van der Waals surface area contributed by atoms with Gasteiger partial charge in [-0.15, -0.1) is 0 Å². The maximum Gasteiger partial charge on any atom is 0.203 e. The highest BCUT2D eigenvalue weighted by molar-refractivity contribution is 5.75. The van der Waals surface area contributed by atoms with E-state index in [1.54, 1.807) is 33.7 Å². The second-order valence-corrected chi connectivity index (χ2v) is 3.62. The molecule has 0 aliphatic rings. The molecule has 0 aliphatic heterocycles. The molecule has 1 aromatic carbocycles. The van der Waals surface area contributed by atoms with Gasteiger partial charge in [-0.1, -0.05) is 6.07 Å². The van der Waals surface area contributed by atoms with Gasteiger partial charge in [0.05, 0.1) is 21.3 Å². The van der Waals surface area contributed by atoms with Crippen LogP contribution in [0.4, 0.5) is 0 Å². The molecule has 2 aromatic rings. The average molecular weight is 245 g/mol. The van der Waals surface area contributed by atoms with Crippen molar-refractivity contribution in [2.24, 2.45) is 0 Å². The Kier molecular flexibility index (Phi) is 3.67. The van der Waals surface area contributed by atoms with Crippen LogP contribution in [0.3, 0.4) is 0 Å². The molecule has 94 valence electrons. The molecule has 1 heterocycles. The summed E-state index contributed by atoms with van der Waals surface area (Å²) in [6, 6.07) is 7.63. The highest BCUT2D eigenvalue weighted by Gasteiger charge is 2.16. The van der Waals surface area contributed by atoms with Crippen molar-refractivity contribution in [3.63, 3.8) is 0 Å². The van der Waals surface area contributed by atoms with Crippen LogP contribution in [0.5, 0.6) is 17.2 Å². The molecule has 0 atom stereocenters. The monoisotopic (exact) mass is 245 g/mol. The van der Waals surface area contributed by atoms with Crippen LogP contribution < -0.4 is 14.2 Å². The van der Waals surface area contributed by atoms with Crippen LogP contribution in [-0.2, 0) is 0 Å². The van der Waals surface area contributed by atoms with Crippen molar-refractivity contribution in [3.8, 4) is 28.4 Å². The van der Waals surface area contributed by atoms with Gasteiger partial charge in [0.2, 0.25) is 5.75 Å². The van der Waals surface area contributed by atoms with Crippen LogP contribution in [-0.4, -0.2) is 26.3 Å². The van der Waals surface area contributed by atoms with Gasteiger partial charge in [0.1, 0.15) is 0 Å². The molecule has 4 heteroatoms. The van der Waals surface area contributed by atoms with Crippen LogP contribution in [0.25, 0.3) is 11.1 Å². The smallest absolute Gasteiger partial charge is 0.203 e. The Labute approximate surface area is 106 Å². The topological polar surface area (TPSA) is 40.6 Å². The van der Waals surface area contributed by atoms with E-state index in [2.05, 4.69) is 4.98 Å². The molecule has 0 spiro atoms. The van der Waals surface area contributed by atoms with Crippen LogP contribution in [0.2, 0.25) is 0 Å². The van der Waals surface area contributed by atoms with Crippen molar-refractivity contribution in [1.82, 2.24) is 4.98 Å². The number of pyridine rings is 1. The molecule has 0 aliphatic carbocycles. The summed E-state index contributed by atoms with van der Waals surface area (Å²) in [5.74, 6) is 1.87. The van der Waals surface area contributed by atoms with Crippen LogP contribution in [0.15, 0.2) is 36.7 Å². The van der Waals surface area contributed by atoms with Gasteiger partial charge >= 0.3 is 0 Å². The zero-order valence-electron chi connectivity index (χ0n) is 10.6. The van der Waals surface area contributed by atoms with E-state index >= 15 is 0 Å². The molecule has 2 rings (SSSR count). The van der Waals surface area contributed by atoms with Gasteiger partial charge in [-0.05, 0) is 18.2 Å². The van der Waals surface area contributed by atoms with Gasteiger partial charge < -0.3 is 14.2 Å². The summed E-state index contributed by atoms with van der Waals surface area (Å²) >= 11 is 0. The number of hydrogen-bond acceptors (Lipinski definition) is 4. The molecule has 0 unspecified atom stereocenters. The number of ether oxygens (including phenoxy) is 3. The Morgan fingerprint density at radius 1 is 0.889 bits per heavy atom. The number of nitrogens with zero attached hydrogens (tertiary/aromatic N) is 1. The van der Waals surface area contributed by atoms with E-state index in [1.807, 2.05) is 24.3 Å². The summed E-state index contributed by atoms with van der Waals surface area (Å²) in [5, 5.41) is 0. The molecule has 0 radical (unpaired) electrons. The third-order valence-electron chi connectivity index (χ3n) is 2.68. The van der Waals surface area contributed by atoms with Crippen molar-refractivity contribution in [1.29, 1.82) is 0 Å². The summed E-state index contributed by atoms with van der Waals surface area (Å²) < 4.78 is 16.0. The number of rotatable bonds is 4. The van der Waals surface area contributed by atoms with Gasteiger partial charge in [-0.3, -0.25) is 4.98 Å². The van der Waals surface area contributed by atoms with E-state index in [-0.39, 0.29) is 0 Å². The Morgan fingerprint density at radius 3 is 2.22 bits per heavy atom. The minimum absolute atomic E-state index is 0.585. The molecule has 0 bridgehead atoms. The molecule has 18 heavy (non-hydrogen) atoms. The molecule has 0 saturated carbocycles. The lowest BCUT2D eigenvalue weighted by Gasteiger charge is -2.15. The first kappa shape index (κ1) is 12.2. The molecule has 0 fully saturated rings. The van der Waals surface area contributed by atoms with E-state index in [0.29, 0.717) is 17.2 Å². The summed E-state index contributed by atoms with van der Waals surface area (Å²) in [7, 11) is 4.80. The fourth-order valence-electron chi connectivity index (χ4n) is 1.85. The van der Waals surface area contributed by atoms with Crippen molar-refractivity contribution in [3.05, 3.63) is 36.7 Å². The zero-order chi connectivity index (χ0) is 13.0. The molecule has 0 amide bonds. The second-order valence-electron chi connectivity index (χ2n) is 3.62. The quantitative estimate of drug-likeness (QED) is 0.830. The SMILES string of the molecule is COc1ccc(-c2cccnc2)c(OC)c1OC. The Morgan fingerprint density at radius 2 is 1.67 bits per heavy atom. The Hall–Kier alpha value is -2.23. The van der Waals surface area contributed by atoms with Gasteiger partial charge in [0.15, 0.2) is 11.5 Å². The van der Waals surface area contributed by atoms with Crippen LogP contribution >= 0.6 is 0 Å². The highest BCUT2D eigenvalue weighted by Crippen LogP contribution is 2.43. The third kappa shape index (κ3) is 2.09. The fourth-order valence-corrected chi connectivity index (χ4v) is 1.85. The van der Waals surface area contributed by atoms with E-state index in [0.717, 1.165) is 11.1 Å². The number of methoxy groups -OCH3 is 3.